The van der Waals surface area contributed by atoms with E-state index in [9.17, 15) is 9.18 Å². The van der Waals surface area contributed by atoms with Gasteiger partial charge < -0.3 is 20.3 Å². The molecular formula is C21H20FN5O2. The minimum atomic E-state index is -0.341. The van der Waals surface area contributed by atoms with Crippen LogP contribution in [0.2, 0.25) is 0 Å². The number of hydrogen-bond acceptors (Lipinski definition) is 6. The number of nitrogens with one attached hydrogen (secondary N) is 2. The van der Waals surface area contributed by atoms with E-state index in [1.165, 1.54) is 12.1 Å². The van der Waals surface area contributed by atoms with Gasteiger partial charge in [0.1, 0.15) is 5.82 Å². The first-order chi connectivity index (χ1) is 14.2. The van der Waals surface area contributed by atoms with Crippen molar-refractivity contribution in [1.29, 1.82) is 0 Å². The molecule has 1 aliphatic rings. The zero-order chi connectivity index (χ0) is 20.1. The predicted molar refractivity (Wildman–Crippen MR) is 109 cm³/mol. The Balaban J connectivity index is 1.44. The molecule has 148 valence electrons. The van der Waals surface area contributed by atoms with Crippen LogP contribution in [-0.2, 0) is 4.74 Å². The van der Waals surface area contributed by atoms with E-state index in [2.05, 4.69) is 25.7 Å². The van der Waals surface area contributed by atoms with Gasteiger partial charge in [-0.05, 0) is 48.5 Å². The van der Waals surface area contributed by atoms with Crippen LogP contribution >= 0.6 is 0 Å². The maximum atomic E-state index is 13.0. The number of carbonyl (C=O) groups excluding carboxylic acids is 1. The van der Waals surface area contributed by atoms with Crippen molar-refractivity contribution in [2.24, 2.45) is 0 Å². The van der Waals surface area contributed by atoms with Crippen LogP contribution < -0.4 is 15.5 Å². The van der Waals surface area contributed by atoms with Gasteiger partial charge in [-0.2, -0.15) is 0 Å². The Morgan fingerprint density at radius 3 is 2.45 bits per heavy atom. The summed E-state index contributed by atoms with van der Waals surface area (Å²) in [5.74, 6) is -0.195. The lowest BCUT2D eigenvalue weighted by Gasteiger charge is -2.30. The average Bonchev–Trinajstić information content (AvgIpc) is 2.77. The molecule has 7 nitrogen and oxygen atoms in total. The van der Waals surface area contributed by atoms with Gasteiger partial charge in [-0.25, -0.2) is 4.39 Å². The van der Waals surface area contributed by atoms with Crippen molar-refractivity contribution in [1.82, 2.24) is 10.2 Å². The summed E-state index contributed by atoms with van der Waals surface area (Å²) in [5, 5.41) is 13.9. The standard InChI is InChI=1S/C21H20FN5O2/c22-15-5-7-16(8-6-15)23-20-10-9-18(25-26-20)21(28)24-17-3-1-2-4-19(17)27-11-13-29-14-12-27/h1-10H,11-14H2,(H,23,26)(H,24,28). The molecule has 2 heterocycles. The van der Waals surface area contributed by atoms with Gasteiger partial charge in [-0.15, -0.1) is 10.2 Å². The van der Waals surface area contributed by atoms with E-state index in [-0.39, 0.29) is 17.4 Å². The van der Waals surface area contributed by atoms with Crippen molar-refractivity contribution in [3.05, 3.63) is 72.2 Å². The second kappa shape index (κ2) is 8.66. The molecule has 0 bridgehead atoms. The topological polar surface area (TPSA) is 79.4 Å². The number of anilines is 4. The second-order valence-electron chi connectivity index (χ2n) is 6.51. The van der Waals surface area contributed by atoms with Crippen molar-refractivity contribution in [2.75, 3.05) is 41.8 Å². The highest BCUT2D eigenvalue weighted by atomic mass is 19.1. The monoisotopic (exact) mass is 393 g/mol. The molecular weight excluding hydrogens is 373 g/mol. The first kappa shape index (κ1) is 18.8. The zero-order valence-electron chi connectivity index (χ0n) is 15.6. The largest absolute Gasteiger partial charge is 0.378 e. The number of ether oxygens (including phenoxy) is 1. The Kier molecular flexibility index (Phi) is 5.62. The average molecular weight is 393 g/mol. The fraction of sp³-hybridized carbons (Fsp3) is 0.190. The van der Waals surface area contributed by atoms with E-state index in [0.29, 0.717) is 24.7 Å². The van der Waals surface area contributed by atoms with Gasteiger partial charge in [-0.1, -0.05) is 12.1 Å². The summed E-state index contributed by atoms with van der Waals surface area (Å²) in [4.78, 5) is 14.8. The summed E-state index contributed by atoms with van der Waals surface area (Å²) >= 11 is 0. The van der Waals surface area contributed by atoms with Crippen molar-refractivity contribution in [2.45, 2.75) is 0 Å². The van der Waals surface area contributed by atoms with Crippen LogP contribution in [0.3, 0.4) is 0 Å². The second-order valence-corrected chi connectivity index (χ2v) is 6.51. The van der Waals surface area contributed by atoms with Gasteiger partial charge in [0.2, 0.25) is 0 Å². The molecule has 0 radical (unpaired) electrons. The third-order valence-electron chi connectivity index (χ3n) is 4.52. The molecule has 0 atom stereocenters. The highest BCUT2D eigenvalue weighted by Gasteiger charge is 2.17. The number of para-hydroxylation sites is 2. The number of rotatable bonds is 5. The molecule has 1 saturated heterocycles. The zero-order valence-corrected chi connectivity index (χ0v) is 15.6. The van der Waals surface area contributed by atoms with Crippen LogP contribution in [-0.4, -0.2) is 42.4 Å². The van der Waals surface area contributed by atoms with Gasteiger partial charge >= 0.3 is 0 Å². The fourth-order valence-corrected chi connectivity index (χ4v) is 3.05. The molecule has 0 spiro atoms. The van der Waals surface area contributed by atoms with Crippen LogP contribution in [0.25, 0.3) is 0 Å². The molecule has 2 N–H and O–H groups in total. The molecule has 1 amide bonds. The minimum Gasteiger partial charge on any atom is -0.378 e. The third-order valence-corrected chi connectivity index (χ3v) is 4.52. The summed E-state index contributed by atoms with van der Waals surface area (Å²) in [6.45, 7) is 2.87. The van der Waals surface area contributed by atoms with Crippen LogP contribution in [0.1, 0.15) is 10.5 Å². The van der Waals surface area contributed by atoms with Crippen LogP contribution in [0.4, 0.5) is 27.3 Å². The summed E-state index contributed by atoms with van der Waals surface area (Å²) in [7, 11) is 0. The fourth-order valence-electron chi connectivity index (χ4n) is 3.05. The Bertz CT molecular complexity index is 973. The molecule has 1 aliphatic heterocycles. The van der Waals surface area contributed by atoms with Crippen LogP contribution in [0, 0.1) is 5.82 Å². The first-order valence-corrected chi connectivity index (χ1v) is 9.28. The van der Waals surface area contributed by atoms with E-state index in [1.807, 2.05) is 24.3 Å². The van der Waals surface area contributed by atoms with Gasteiger partial charge in [0.15, 0.2) is 11.5 Å². The minimum absolute atomic E-state index is 0.200. The lowest BCUT2D eigenvalue weighted by Crippen LogP contribution is -2.36. The SMILES string of the molecule is O=C(Nc1ccccc1N1CCOCC1)c1ccc(Nc2ccc(F)cc2)nn1. The van der Waals surface area contributed by atoms with E-state index >= 15 is 0 Å². The molecule has 8 heteroatoms. The number of nitrogens with zero attached hydrogens (tertiary/aromatic N) is 3. The number of morpholine rings is 1. The lowest BCUT2D eigenvalue weighted by atomic mass is 10.2. The maximum Gasteiger partial charge on any atom is 0.276 e. The van der Waals surface area contributed by atoms with E-state index in [4.69, 9.17) is 4.74 Å². The quantitative estimate of drug-likeness (QED) is 0.691. The Morgan fingerprint density at radius 2 is 1.72 bits per heavy atom. The molecule has 4 rings (SSSR count). The molecule has 0 unspecified atom stereocenters. The summed E-state index contributed by atoms with van der Waals surface area (Å²) in [6, 6.07) is 16.8. The highest BCUT2D eigenvalue weighted by Crippen LogP contribution is 2.26. The Labute approximate surface area is 167 Å². The van der Waals surface area contributed by atoms with E-state index in [0.717, 1.165) is 24.5 Å². The number of hydrogen-bond donors (Lipinski definition) is 2. The smallest absolute Gasteiger partial charge is 0.276 e. The molecule has 1 aromatic heterocycles. The molecule has 1 fully saturated rings. The summed E-state index contributed by atoms with van der Waals surface area (Å²) in [6.07, 6.45) is 0. The summed E-state index contributed by atoms with van der Waals surface area (Å²) < 4.78 is 18.4. The van der Waals surface area contributed by atoms with Crippen molar-refractivity contribution in [3.8, 4) is 0 Å². The third kappa shape index (κ3) is 4.67. The number of halogens is 1. The predicted octanol–water partition coefficient (Wildman–Crippen LogP) is 3.45. The van der Waals surface area contributed by atoms with Crippen molar-refractivity contribution < 1.29 is 13.9 Å². The normalized spacial score (nSPS) is 13.8. The van der Waals surface area contributed by atoms with Gasteiger partial charge in [-0.3, -0.25) is 4.79 Å². The maximum absolute atomic E-state index is 13.0. The number of carbonyl (C=O) groups is 1. The first-order valence-electron chi connectivity index (χ1n) is 9.28. The van der Waals surface area contributed by atoms with Crippen LogP contribution in [0.5, 0.6) is 0 Å². The number of amides is 1. The van der Waals surface area contributed by atoms with Crippen molar-refractivity contribution in [3.63, 3.8) is 0 Å². The molecule has 0 saturated carbocycles. The number of aromatic nitrogens is 2. The van der Waals surface area contributed by atoms with Gasteiger partial charge in [0.05, 0.1) is 24.6 Å². The molecule has 0 aliphatic carbocycles. The van der Waals surface area contributed by atoms with Gasteiger partial charge in [0, 0.05) is 18.8 Å². The Morgan fingerprint density at radius 1 is 0.966 bits per heavy atom. The van der Waals surface area contributed by atoms with Crippen LogP contribution in [0.15, 0.2) is 60.7 Å². The molecule has 29 heavy (non-hydrogen) atoms. The van der Waals surface area contributed by atoms with E-state index in [1.54, 1.807) is 24.3 Å². The highest BCUT2D eigenvalue weighted by molar-refractivity contribution is 6.04. The lowest BCUT2D eigenvalue weighted by molar-refractivity contribution is 0.102. The van der Waals surface area contributed by atoms with Gasteiger partial charge in [0.25, 0.3) is 5.91 Å². The Hall–Kier alpha value is -3.52. The van der Waals surface area contributed by atoms with E-state index < -0.39 is 0 Å². The molecule has 3 aromatic rings. The number of benzene rings is 2. The summed E-state index contributed by atoms with van der Waals surface area (Å²) in [5.41, 5.74) is 2.55. The molecule has 2 aromatic carbocycles. The van der Waals surface area contributed by atoms with Crippen molar-refractivity contribution >= 4 is 28.8 Å².